The molecule has 0 unspecified atom stereocenters. The molecule has 4 aliphatic rings. The Kier molecular flexibility index (Phi) is 4.75. The summed E-state index contributed by atoms with van der Waals surface area (Å²) in [4.78, 5) is 8.40. The molecule has 22 heavy (non-hydrogen) atoms. The van der Waals surface area contributed by atoms with Crippen LogP contribution in [0.3, 0.4) is 0 Å². The maximum absolute atomic E-state index is 3.02. The lowest BCUT2D eigenvalue weighted by atomic mass is 9.78. The number of hydrogen-bond donors (Lipinski definition) is 0. The number of piperazine rings is 1. The van der Waals surface area contributed by atoms with Crippen molar-refractivity contribution in [3.63, 3.8) is 0 Å². The topological polar surface area (TPSA) is 9.72 Å². The van der Waals surface area contributed by atoms with Crippen molar-refractivity contribution >= 4 is 0 Å². The highest BCUT2D eigenvalue weighted by Gasteiger charge is 2.45. The SMILES string of the molecule is CN1CCC(N2CCN3CCC[C@H]3[C@H]2C2CCCCC2)CC1. The van der Waals surface area contributed by atoms with Crippen LogP contribution in [0.1, 0.15) is 57.8 Å². The second-order valence-corrected chi connectivity index (χ2v) is 8.41. The average Bonchev–Trinajstić information content (AvgIpc) is 3.04. The Morgan fingerprint density at radius 2 is 1.45 bits per heavy atom. The third kappa shape index (κ3) is 2.97. The lowest BCUT2D eigenvalue weighted by Crippen LogP contribution is -2.63. The molecular formula is C19H35N3. The fourth-order valence-corrected chi connectivity index (χ4v) is 5.94. The van der Waals surface area contributed by atoms with Crippen LogP contribution in [0.25, 0.3) is 0 Å². The second-order valence-electron chi connectivity index (χ2n) is 8.41. The molecule has 0 spiro atoms. The molecule has 0 aromatic heterocycles. The van der Waals surface area contributed by atoms with Crippen molar-refractivity contribution < 1.29 is 0 Å². The Morgan fingerprint density at radius 1 is 0.682 bits per heavy atom. The van der Waals surface area contributed by atoms with E-state index >= 15 is 0 Å². The number of likely N-dealkylation sites (tertiary alicyclic amines) is 1. The van der Waals surface area contributed by atoms with E-state index in [2.05, 4.69) is 21.7 Å². The van der Waals surface area contributed by atoms with Crippen LogP contribution in [0.15, 0.2) is 0 Å². The van der Waals surface area contributed by atoms with Crippen LogP contribution in [0.5, 0.6) is 0 Å². The highest BCUT2D eigenvalue weighted by molar-refractivity contribution is 5.01. The maximum Gasteiger partial charge on any atom is 0.0283 e. The van der Waals surface area contributed by atoms with E-state index in [4.69, 9.17) is 0 Å². The first-order valence-corrected chi connectivity index (χ1v) is 10.0. The third-order valence-corrected chi connectivity index (χ3v) is 7.13. The second kappa shape index (κ2) is 6.78. The van der Waals surface area contributed by atoms with Gasteiger partial charge in [-0.25, -0.2) is 0 Å². The van der Waals surface area contributed by atoms with Crippen LogP contribution in [0.2, 0.25) is 0 Å². The minimum atomic E-state index is 0.880. The molecule has 0 N–H and O–H groups in total. The molecule has 126 valence electrons. The summed E-state index contributed by atoms with van der Waals surface area (Å²) in [5, 5.41) is 0. The van der Waals surface area contributed by atoms with Crippen molar-refractivity contribution in [2.24, 2.45) is 5.92 Å². The van der Waals surface area contributed by atoms with E-state index in [1.54, 1.807) is 0 Å². The lowest BCUT2D eigenvalue weighted by molar-refractivity contribution is -0.0372. The number of rotatable bonds is 2. The number of fused-ring (bicyclic) bond motifs is 1. The normalized spacial score (nSPS) is 37.5. The molecule has 0 bridgehead atoms. The van der Waals surface area contributed by atoms with Gasteiger partial charge in [0.25, 0.3) is 0 Å². The zero-order chi connectivity index (χ0) is 14.9. The molecule has 4 rings (SSSR count). The number of hydrogen-bond acceptors (Lipinski definition) is 3. The molecule has 0 amide bonds. The summed E-state index contributed by atoms with van der Waals surface area (Å²) >= 11 is 0. The molecule has 0 aromatic rings. The van der Waals surface area contributed by atoms with Crippen molar-refractivity contribution in [1.82, 2.24) is 14.7 Å². The summed E-state index contributed by atoms with van der Waals surface area (Å²) in [6.07, 6.45) is 13.3. The van der Waals surface area contributed by atoms with Crippen LogP contribution in [0.4, 0.5) is 0 Å². The molecule has 4 fully saturated rings. The van der Waals surface area contributed by atoms with Gasteiger partial charge in [0.2, 0.25) is 0 Å². The standard InChI is InChI=1S/C19H35N3/c1-20-12-9-17(10-13-20)22-15-14-21-11-5-8-18(21)19(22)16-6-3-2-4-7-16/h16-19H,2-15H2,1H3/t18-,19+/m0/s1. The summed E-state index contributed by atoms with van der Waals surface area (Å²) in [7, 11) is 2.30. The predicted molar refractivity (Wildman–Crippen MR) is 92.2 cm³/mol. The monoisotopic (exact) mass is 305 g/mol. The molecule has 1 saturated carbocycles. The summed E-state index contributed by atoms with van der Waals surface area (Å²) in [6, 6.07) is 2.67. The summed E-state index contributed by atoms with van der Waals surface area (Å²) < 4.78 is 0. The van der Waals surface area contributed by atoms with Gasteiger partial charge in [0.1, 0.15) is 0 Å². The van der Waals surface area contributed by atoms with Crippen LogP contribution >= 0.6 is 0 Å². The van der Waals surface area contributed by atoms with Gasteiger partial charge in [0, 0.05) is 31.2 Å². The fourth-order valence-electron chi connectivity index (χ4n) is 5.94. The van der Waals surface area contributed by atoms with Gasteiger partial charge < -0.3 is 4.90 Å². The van der Waals surface area contributed by atoms with Gasteiger partial charge in [-0.2, -0.15) is 0 Å². The lowest BCUT2D eigenvalue weighted by Gasteiger charge is -2.53. The molecule has 0 aromatic carbocycles. The van der Waals surface area contributed by atoms with Crippen LogP contribution in [-0.2, 0) is 0 Å². The number of piperidine rings is 1. The van der Waals surface area contributed by atoms with E-state index < -0.39 is 0 Å². The largest absolute Gasteiger partial charge is 0.306 e. The third-order valence-electron chi connectivity index (χ3n) is 7.13. The molecule has 3 aliphatic heterocycles. The van der Waals surface area contributed by atoms with Crippen molar-refractivity contribution in [1.29, 1.82) is 0 Å². The van der Waals surface area contributed by atoms with E-state index in [1.807, 2.05) is 0 Å². The van der Waals surface area contributed by atoms with E-state index in [1.165, 1.54) is 90.5 Å². The van der Waals surface area contributed by atoms with Crippen molar-refractivity contribution in [3.8, 4) is 0 Å². The minimum Gasteiger partial charge on any atom is -0.306 e. The molecular weight excluding hydrogens is 270 g/mol. The van der Waals surface area contributed by atoms with Crippen molar-refractivity contribution in [2.45, 2.75) is 75.9 Å². The maximum atomic E-state index is 3.02. The van der Waals surface area contributed by atoms with Gasteiger partial charge in [0.15, 0.2) is 0 Å². The molecule has 2 atom stereocenters. The average molecular weight is 306 g/mol. The summed E-state index contributed by atoms with van der Waals surface area (Å²) in [5.74, 6) is 0.999. The molecule has 3 heteroatoms. The Bertz CT molecular complexity index is 358. The molecule has 1 aliphatic carbocycles. The molecule has 3 heterocycles. The first kappa shape index (κ1) is 15.4. The van der Waals surface area contributed by atoms with Gasteiger partial charge in [-0.15, -0.1) is 0 Å². The number of nitrogens with zero attached hydrogens (tertiary/aromatic N) is 3. The van der Waals surface area contributed by atoms with Gasteiger partial charge >= 0.3 is 0 Å². The Balaban J connectivity index is 1.52. The summed E-state index contributed by atoms with van der Waals surface area (Å²) in [6.45, 7) is 6.71. The Labute approximate surface area is 137 Å². The summed E-state index contributed by atoms with van der Waals surface area (Å²) in [5.41, 5.74) is 0. The van der Waals surface area contributed by atoms with E-state index in [9.17, 15) is 0 Å². The predicted octanol–water partition coefficient (Wildman–Crippen LogP) is 2.81. The van der Waals surface area contributed by atoms with Crippen LogP contribution in [-0.4, -0.2) is 72.6 Å². The zero-order valence-electron chi connectivity index (χ0n) is 14.6. The quantitative estimate of drug-likeness (QED) is 0.777. The molecule has 0 radical (unpaired) electrons. The molecule has 3 saturated heterocycles. The van der Waals surface area contributed by atoms with Gasteiger partial charge in [0.05, 0.1) is 0 Å². The Morgan fingerprint density at radius 3 is 2.23 bits per heavy atom. The van der Waals surface area contributed by atoms with Gasteiger partial charge in [-0.05, 0) is 71.1 Å². The van der Waals surface area contributed by atoms with Crippen LogP contribution in [0, 0.1) is 5.92 Å². The van der Waals surface area contributed by atoms with Crippen molar-refractivity contribution in [3.05, 3.63) is 0 Å². The van der Waals surface area contributed by atoms with Gasteiger partial charge in [-0.3, -0.25) is 9.80 Å². The van der Waals surface area contributed by atoms with Gasteiger partial charge in [-0.1, -0.05) is 19.3 Å². The van der Waals surface area contributed by atoms with E-state index in [0.717, 1.165) is 24.0 Å². The Hall–Kier alpha value is -0.120. The smallest absolute Gasteiger partial charge is 0.0283 e. The molecule has 3 nitrogen and oxygen atoms in total. The van der Waals surface area contributed by atoms with Crippen molar-refractivity contribution in [2.75, 3.05) is 39.8 Å². The minimum absolute atomic E-state index is 0.880. The van der Waals surface area contributed by atoms with E-state index in [0.29, 0.717) is 0 Å². The highest BCUT2D eigenvalue weighted by atomic mass is 15.3. The highest BCUT2D eigenvalue weighted by Crippen LogP contribution is 2.39. The van der Waals surface area contributed by atoms with Crippen LogP contribution < -0.4 is 0 Å². The first-order chi connectivity index (χ1) is 10.8. The fraction of sp³-hybridized carbons (Fsp3) is 1.00. The van der Waals surface area contributed by atoms with E-state index in [-0.39, 0.29) is 0 Å². The zero-order valence-corrected chi connectivity index (χ0v) is 14.6. The first-order valence-electron chi connectivity index (χ1n) is 10.0.